The van der Waals surface area contributed by atoms with Gasteiger partial charge in [0.15, 0.2) is 12.3 Å². The van der Waals surface area contributed by atoms with E-state index in [0.29, 0.717) is 0 Å². The Morgan fingerprint density at radius 1 is 1.28 bits per heavy atom. The van der Waals surface area contributed by atoms with Crippen molar-refractivity contribution in [3.63, 3.8) is 0 Å². The van der Waals surface area contributed by atoms with E-state index in [-0.39, 0.29) is 5.82 Å². The van der Waals surface area contributed by atoms with Crippen LogP contribution in [0.1, 0.15) is 0 Å². The summed E-state index contributed by atoms with van der Waals surface area (Å²) < 4.78 is 64.8. The summed E-state index contributed by atoms with van der Waals surface area (Å²) in [6, 6.07) is 0. The van der Waals surface area contributed by atoms with Crippen molar-refractivity contribution in [3.05, 3.63) is 24.7 Å². The molecular weight excluding hydrogens is 508 g/mol. The van der Waals surface area contributed by atoms with Gasteiger partial charge in [-0.05, 0) is 0 Å². The van der Waals surface area contributed by atoms with Gasteiger partial charge in [0.1, 0.15) is 12.4 Å². The maximum Gasteiger partial charge on any atom is 0.490 e. The number of rotatable bonds is 8. The molecule has 0 saturated carbocycles. The summed E-state index contributed by atoms with van der Waals surface area (Å²) in [5, 5.41) is 22.9. The third kappa shape index (κ3) is 5.90. The molecule has 7 N–H and O–H groups in total. The molecule has 16 nitrogen and oxygen atoms in total. The lowest BCUT2D eigenvalue weighted by atomic mass is 9.93. The average Bonchev–Trinajstić information content (AvgIpc) is 2.80. The molecule has 6 atom stereocenters. The van der Waals surface area contributed by atoms with Crippen LogP contribution in [0.4, 0.5) is 4.39 Å². The molecule has 2 unspecified atom stereocenters. The number of amides is 1. The highest BCUT2D eigenvalue weighted by atomic mass is 31.3. The molecule has 0 aromatic heterocycles. The van der Waals surface area contributed by atoms with Gasteiger partial charge in [-0.25, -0.2) is 18.1 Å². The van der Waals surface area contributed by atoms with Gasteiger partial charge in [-0.1, -0.05) is 12.5 Å². The summed E-state index contributed by atoms with van der Waals surface area (Å²) >= 11 is 0. The number of carbonyl (C=O) groups is 1. The average molecular weight is 524 g/mol. The van der Waals surface area contributed by atoms with Crippen LogP contribution in [0, 0.1) is 12.3 Å². The molecule has 0 radical (unpaired) electrons. The van der Waals surface area contributed by atoms with Gasteiger partial charge < -0.3 is 44.7 Å². The molecule has 180 valence electrons. The second-order valence-corrected chi connectivity index (χ2v) is 10.6. The Morgan fingerprint density at radius 2 is 1.88 bits per heavy atom. The van der Waals surface area contributed by atoms with E-state index in [1.807, 2.05) is 0 Å². The van der Waals surface area contributed by atoms with Gasteiger partial charge in [0, 0.05) is 12.3 Å². The first-order valence-corrected chi connectivity index (χ1v) is 12.4. The molecule has 1 saturated heterocycles. The molecule has 0 bridgehead atoms. The smallest absolute Gasteiger partial charge is 0.383 e. The number of ether oxygens (including phenoxy) is 1. The third-order valence-electron chi connectivity index (χ3n) is 3.80. The van der Waals surface area contributed by atoms with E-state index in [0.717, 1.165) is 17.2 Å². The summed E-state index contributed by atoms with van der Waals surface area (Å²) in [4.78, 5) is 47.6. The van der Waals surface area contributed by atoms with Crippen LogP contribution in [0.3, 0.4) is 0 Å². The van der Waals surface area contributed by atoms with Crippen molar-refractivity contribution < 1.29 is 70.5 Å². The van der Waals surface area contributed by atoms with Crippen LogP contribution in [0.15, 0.2) is 24.7 Å². The third-order valence-corrected chi connectivity index (χ3v) is 7.58. The monoisotopic (exact) mass is 524 g/mol. The summed E-state index contributed by atoms with van der Waals surface area (Å²) in [6.45, 7) is 1.66. The first-order valence-electron chi connectivity index (χ1n) is 7.84. The van der Waals surface area contributed by atoms with Crippen LogP contribution in [0.25, 0.3) is 0 Å². The molecule has 1 fully saturated rings. The number of halogens is 1. The zero-order valence-corrected chi connectivity index (χ0v) is 18.1. The minimum atomic E-state index is -5.89. The molecular formula is C12H16FN2O14P3. The van der Waals surface area contributed by atoms with Gasteiger partial charge in [-0.2, -0.15) is 8.62 Å². The summed E-state index contributed by atoms with van der Waals surface area (Å²) in [5.41, 5.74) is -2.86. The zero-order valence-electron chi connectivity index (χ0n) is 15.4. The van der Waals surface area contributed by atoms with Gasteiger partial charge in [-0.15, -0.1) is 6.42 Å². The molecule has 2 aliphatic rings. The quantitative estimate of drug-likeness (QED) is 0.141. The maximum atomic E-state index is 15.2. The van der Waals surface area contributed by atoms with Crippen LogP contribution in [-0.2, 0) is 36.4 Å². The zero-order chi connectivity index (χ0) is 24.8. The summed E-state index contributed by atoms with van der Waals surface area (Å²) in [5.74, 6) is -2.78. The Hall–Kier alpha value is -1.47. The summed E-state index contributed by atoms with van der Waals surface area (Å²) in [7, 11) is -17.3. The van der Waals surface area contributed by atoms with Crippen LogP contribution in [-0.4, -0.2) is 71.0 Å². The van der Waals surface area contributed by atoms with E-state index < -0.39 is 59.8 Å². The lowest BCUT2D eigenvalue weighted by Crippen LogP contribution is -2.55. The van der Waals surface area contributed by atoms with E-state index in [4.69, 9.17) is 25.8 Å². The van der Waals surface area contributed by atoms with Crippen molar-refractivity contribution in [1.82, 2.24) is 10.2 Å². The fourth-order valence-electron chi connectivity index (χ4n) is 2.51. The van der Waals surface area contributed by atoms with Crippen molar-refractivity contribution in [3.8, 4) is 12.3 Å². The predicted molar refractivity (Wildman–Crippen MR) is 96.6 cm³/mol. The normalized spacial score (nSPS) is 34.5. The maximum absolute atomic E-state index is 15.2. The molecule has 2 rings (SSSR count). The topological polar surface area (TPSA) is 242 Å². The van der Waals surface area contributed by atoms with Crippen molar-refractivity contribution >= 4 is 29.4 Å². The Kier molecular flexibility index (Phi) is 7.29. The molecule has 2 heterocycles. The second-order valence-electron chi connectivity index (χ2n) is 6.15. The van der Waals surface area contributed by atoms with Gasteiger partial charge in [0.25, 0.3) is 11.8 Å². The van der Waals surface area contributed by atoms with Crippen molar-refractivity contribution in [2.45, 2.75) is 23.8 Å². The van der Waals surface area contributed by atoms with Gasteiger partial charge in [0.2, 0.25) is 5.60 Å². The number of hydrogen-bond acceptors (Lipinski definition) is 11. The fraction of sp³-hybridized carbons (Fsp3) is 0.417. The van der Waals surface area contributed by atoms with Crippen molar-refractivity contribution in [1.29, 1.82) is 0 Å². The highest BCUT2D eigenvalue weighted by molar-refractivity contribution is 7.66. The summed E-state index contributed by atoms with van der Waals surface area (Å²) in [6.07, 6.45) is 2.40. The van der Waals surface area contributed by atoms with Crippen LogP contribution in [0.2, 0.25) is 0 Å². The minimum Gasteiger partial charge on any atom is -0.383 e. The van der Waals surface area contributed by atoms with E-state index >= 15 is 4.39 Å². The first-order chi connectivity index (χ1) is 14.3. The van der Waals surface area contributed by atoms with Crippen LogP contribution in [0.5, 0.6) is 0 Å². The van der Waals surface area contributed by atoms with Gasteiger partial charge >= 0.3 is 23.5 Å². The Bertz CT molecular complexity index is 1020. The lowest BCUT2D eigenvalue weighted by molar-refractivity contribution is -0.207. The number of aliphatic hydroxyl groups excluding tert-OH is 1. The number of nitrogens with zero attached hydrogens (tertiary/aromatic N) is 1. The number of carbonyl (C=O) groups excluding carboxylic acids is 1. The Labute approximate surface area is 178 Å². The minimum absolute atomic E-state index is 0.263. The number of hydrogen-bond donors (Lipinski definition) is 7. The van der Waals surface area contributed by atoms with Gasteiger partial charge in [0.05, 0.1) is 0 Å². The van der Waals surface area contributed by atoms with E-state index in [2.05, 4.69) is 25.0 Å². The van der Waals surface area contributed by atoms with E-state index in [1.54, 1.807) is 5.92 Å². The lowest BCUT2D eigenvalue weighted by Gasteiger charge is -2.36. The molecule has 2 aliphatic heterocycles. The molecule has 0 aromatic rings. The molecule has 0 spiro atoms. The number of aliphatic hydroxyl groups is 2. The molecule has 0 aromatic carbocycles. The van der Waals surface area contributed by atoms with Gasteiger partial charge in [-0.3, -0.25) is 9.32 Å². The Balaban J connectivity index is 2.22. The van der Waals surface area contributed by atoms with Crippen molar-refractivity contribution in [2.75, 3.05) is 6.61 Å². The van der Waals surface area contributed by atoms with E-state index in [9.17, 15) is 33.6 Å². The number of phosphoric ester groups is 1. The molecule has 1 amide bonds. The molecule has 20 heteroatoms. The first kappa shape index (κ1) is 26.8. The number of nitrogens with one attached hydrogen (secondary N) is 1. The largest absolute Gasteiger partial charge is 0.490 e. The molecule has 0 aliphatic carbocycles. The fourth-order valence-corrected chi connectivity index (χ4v) is 5.55. The van der Waals surface area contributed by atoms with Crippen molar-refractivity contribution in [2.24, 2.45) is 0 Å². The highest BCUT2D eigenvalue weighted by Gasteiger charge is 2.66. The number of phosphoric acid groups is 3. The van der Waals surface area contributed by atoms with Crippen LogP contribution >= 0.6 is 23.5 Å². The molecule has 32 heavy (non-hydrogen) atoms. The SMILES string of the molecule is C#C[C@]1(O)[C@H](N2C=CC(=O)NC2=C)O[C@](F)(COP(=O)(O)OP(=O)(O)OP(=O)(O)O)[C@H]1O. The standard InChI is InChI=1S/C12H16FN2O14P3/c1-3-11(18)9(17)12(13,27-10(11)15-5-4-8(16)14-7(15)2)6-26-31(22,23)29-32(24,25)28-30(19,20)21/h1,4-5,9-10,17-18H,2,6H2,(H,14,16)(H,22,23)(H,24,25)(H2,19,20,21)/t9-,10+,11+,12+/m0/s1. The van der Waals surface area contributed by atoms with E-state index in [1.165, 1.54) is 0 Å². The second kappa shape index (κ2) is 8.71. The Morgan fingerprint density at radius 3 is 2.38 bits per heavy atom. The highest BCUT2D eigenvalue weighted by Crippen LogP contribution is 2.66. The van der Waals surface area contributed by atoms with Crippen LogP contribution < -0.4 is 5.32 Å². The predicted octanol–water partition coefficient (Wildman–Crippen LogP) is -1.51. The number of terminal acetylenes is 1. The number of alkyl halides is 1.